The van der Waals surface area contributed by atoms with Crippen LogP contribution in [0.5, 0.6) is 11.5 Å². The third kappa shape index (κ3) is 5.85. The molecule has 2 N–H and O–H groups in total. The fraction of sp³-hybridized carbons (Fsp3) is 0.300. The van der Waals surface area contributed by atoms with Gasteiger partial charge in [0.05, 0.1) is 20.1 Å². The lowest BCUT2D eigenvalue weighted by atomic mass is 10.1. The van der Waals surface area contributed by atoms with E-state index in [9.17, 15) is 14.0 Å². The fourth-order valence-corrected chi connectivity index (χ4v) is 2.59. The summed E-state index contributed by atoms with van der Waals surface area (Å²) in [5, 5.41) is 0.143. The number of unbranched alkanes of at least 4 members (excludes halogenated alkanes) is 1. The SMILES string of the molecule is CCCCOc1ccc(C(=O)NNC(=O)Cc2c(F)cccc2Cl)cc1OC. The molecule has 2 rings (SSSR count). The first kappa shape index (κ1) is 21.5. The molecule has 0 aliphatic rings. The monoisotopic (exact) mass is 408 g/mol. The summed E-state index contributed by atoms with van der Waals surface area (Å²) in [5.41, 5.74) is 4.85. The van der Waals surface area contributed by atoms with E-state index in [-0.39, 0.29) is 22.6 Å². The number of carbonyl (C=O) groups is 2. The average molecular weight is 409 g/mol. The minimum Gasteiger partial charge on any atom is -0.493 e. The van der Waals surface area contributed by atoms with Crippen LogP contribution in [0.3, 0.4) is 0 Å². The maximum atomic E-state index is 13.7. The van der Waals surface area contributed by atoms with Crippen LogP contribution in [-0.4, -0.2) is 25.5 Å². The standard InChI is InChI=1S/C20H22ClFN2O4/c1-3-4-10-28-17-9-8-13(11-18(17)27-2)20(26)24-23-19(25)12-14-15(21)6-5-7-16(14)22/h5-9,11H,3-4,10,12H2,1-2H3,(H,23,25)(H,24,26). The first-order valence-corrected chi connectivity index (χ1v) is 9.17. The number of halogens is 2. The Morgan fingerprint density at radius 2 is 1.93 bits per heavy atom. The molecule has 0 fully saturated rings. The van der Waals surface area contributed by atoms with Crippen LogP contribution in [0.4, 0.5) is 4.39 Å². The second-order valence-electron chi connectivity index (χ2n) is 5.95. The molecule has 0 saturated heterocycles. The highest BCUT2D eigenvalue weighted by atomic mass is 35.5. The number of rotatable bonds is 8. The van der Waals surface area contributed by atoms with Crippen molar-refractivity contribution in [2.75, 3.05) is 13.7 Å². The van der Waals surface area contributed by atoms with Gasteiger partial charge in [-0.05, 0) is 36.8 Å². The van der Waals surface area contributed by atoms with Gasteiger partial charge in [0.2, 0.25) is 5.91 Å². The van der Waals surface area contributed by atoms with Crippen molar-refractivity contribution in [2.45, 2.75) is 26.2 Å². The van der Waals surface area contributed by atoms with E-state index in [1.807, 2.05) is 0 Å². The Bertz CT molecular complexity index is 825. The van der Waals surface area contributed by atoms with E-state index in [1.165, 1.54) is 31.4 Å². The van der Waals surface area contributed by atoms with Gasteiger partial charge in [0.1, 0.15) is 5.82 Å². The summed E-state index contributed by atoms with van der Waals surface area (Å²) in [6, 6.07) is 8.84. The number of amides is 2. The number of hydrazine groups is 1. The van der Waals surface area contributed by atoms with Gasteiger partial charge in [-0.15, -0.1) is 0 Å². The predicted octanol–water partition coefficient (Wildman–Crippen LogP) is 3.67. The zero-order valence-corrected chi connectivity index (χ0v) is 16.4. The molecule has 28 heavy (non-hydrogen) atoms. The lowest BCUT2D eigenvalue weighted by molar-refractivity contribution is -0.121. The number of nitrogens with one attached hydrogen (secondary N) is 2. The van der Waals surface area contributed by atoms with Gasteiger partial charge in [0.15, 0.2) is 11.5 Å². The van der Waals surface area contributed by atoms with Gasteiger partial charge in [-0.2, -0.15) is 0 Å². The number of hydrogen-bond acceptors (Lipinski definition) is 4. The van der Waals surface area contributed by atoms with Gasteiger partial charge in [-0.25, -0.2) is 4.39 Å². The van der Waals surface area contributed by atoms with Crippen molar-refractivity contribution in [3.05, 3.63) is 58.4 Å². The molecule has 0 aromatic heterocycles. The minimum atomic E-state index is -0.605. The van der Waals surface area contributed by atoms with E-state index in [2.05, 4.69) is 17.8 Å². The van der Waals surface area contributed by atoms with Crippen LogP contribution in [-0.2, 0) is 11.2 Å². The van der Waals surface area contributed by atoms with Crippen LogP contribution in [0, 0.1) is 5.82 Å². The van der Waals surface area contributed by atoms with Crippen LogP contribution in [0.15, 0.2) is 36.4 Å². The Labute approximate surface area is 167 Å². The average Bonchev–Trinajstić information content (AvgIpc) is 2.69. The van der Waals surface area contributed by atoms with Gasteiger partial charge in [0, 0.05) is 16.1 Å². The van der Waals surface area contributed by atoms with E-state index >= 15 is 0 Å². The van der Waals surface area contributed by atoms with Crippen molar-refractivity contribution < 1.29 is 23.5 Å². The quantitative estimate of drug-likeness (QED) is 0.516. The topological polar surface area (TPSA) is 76.7 Å². The Morgan fingerprint density at radius 3 is 2.61 bits per heavy atom. The number of benzene rings is 2. The number of ether oxygens (including phenoxy) is 2. The van der Waals surface area contributed by atoms with E-state index in [1.54, 1.807) is 12.1 Å². The molecule has 0 unspecified atom stereocenters. The Kier molecular flexibility index (Phi) is 8.07. The summed E-state index contributed by atoms with van der Waals surface area (Å²) in [6.07, 6.45) is 1.60. The third-order valence-corrected chi connectivity index (χ3v) is 4.25. The van der Waals surface area contributed by atoms with Crippen molar-refractivity contribution in [3.8, 4) is 11.5 Å². The molecule has 8 heteroatoms. The molecular weight excluding hydrogens is 387 g/mol. The van der Waals surface area contributed by atoms with Gasteiger partial charge >= 0.3 is 0 Å². The van der Waals surface area contributed by atoms with Crippen LogP contribution in [0.25, 0.3) is 0 Å². The molecule has 2 aromatic carbocycles. The second kappa shape index (κ2) is 10.5. The smallest absolute Gasteiger partial charge is 0.269 e. The molecule has 0 radical (unpaired) electrons. The van der Waals surface area contributed by atoms with Crippen molar-refractivity contribution >= 4 is 23.4 Å². The zero-order valence-electron chi connectivity index (χ0n) is 15.7. The largest absolute Gasteiger partial charge is 0.493 e. The minimum absolute atomic E-state index is 0.0613. The van der Waals surface area contributed by atoms with Gasteiger partial charge in [-0.1, -0.05) is 31.0 Å². The fourth-order valence-electron chi connectivity index (χ4n) is 2.36. The molecule has 0 aliphatic carbocycles. The molecule has 6 nitrogen and oxygen atoms in total. The molecular formula is C20H22ClFN2O4. The molecule has 0 aliphatic heterocycles. The van der Waals surface area contributed by atoms with Crippen molar-refractivity contribution in [1.29, 1.82) is 0 Å². The molecule has 2 amide bonds. The van der Waals surface area contributed by atoms with Crippen LogP contribution in [0.1, 0.15) is 35.7 Å². The van der Waals surface area contributed by atoms with Gasteiger partial charge < -0.3 is 9.47 Å². The van der Waals surface area contributed by atoms with Crippen molar-refractivity contribution in [3.63, 3.8) is 0 Å². The molecule has 0 saturated carbocycles. The van der Waals surface area contributed by atoms with Crippen LogP contribution < -0.4 is 20.3 Å². The Hall–Kier alpha value is -2.80. The van der Waals surface area contributed by atoms with Crippen LogP contribution >= 0.6 is 11.6 Å². The predicted molar refractivity (Wildman–Crippen MR) is 104 cm³/mol. The maximum Gasteiger partial charge on any atom is 0.269 e. The number of hydrogen-bond donors (Lipinski definition) is 2. The molecule has 150 valence electrons. The summed E-state index contributed by atoms with van der Waals surface area (Å²) in [4.78, 5) is 24.2. The summed E-state index contributed by atoms with van der Waals surface area (Å²) in [7, 11) is 1.48. The molecule has 0 atom stereocenters. The highest BCUT2D eigenvalue weighted by molar-refractivity contribution is 6.31. The van der Waals surface area contributed by atoms with E-state index in [0.717, 1.165) is 12.8 Å². The van der Waals surface area contributed by atoms with Crippen molar-refractivity contribution in [1.82, 2.24) is 10.9 Å². The van der Waals surface area contributed by atoms with Gasteiger partial charge in [0.25, 0.3) is 5.91 Å². The first-order valence-electron chi connectivity index (χ1n) is 8.79. The first-order chi connectivity index (χ1) is 13.5. The summed E-state index contributed by atoms with van der Waals surface area (Å²) in [6.45, 7) is 2.61. The van der Waals surface area contributed by atoms with Crippen LogP contribution in [0.2, 0.25) is 5.02 Å². The maximum absolute atomic E-state index is 13.7. The lowest BCUT2D eigenvalue weighted by Crippen LogP contribution is -2.42. The molecule has 2 aromatic rings. The van der Waals surface area contributed by atoms with E-state index < -0.39 is 17.6 Å². The number of methoxy groups -OCH3 is 1. The second-order valence-corrected chi connectivity index (χ2v) is 6.35. The molecule has 0 spiro atoms. The highest BCUT2D eigenvalue weighted by Gasteiger charge is 2.14. The zero-order chi connectivity index (χ0) is 20.5. The summed E-state index contributed by atoms with van der Waals surface area (Å²) >= 11 is 5.89. The van der Waals surface area contributed by atoms with Crippen molar-refractivity contribution in [2.24, 2.45) is 0 Å². The third-order valence-electron chi connectivity index (χ3n) is 3.90. The van der Waals surface area contributed by atoms with E-state index in [4.69, 9.17) is 21.1 Å². The summed E-state index contributed by atoms with van der Waals surface area (Å²) in [5.74, 6) is -0.797. The lowest BCUT2D eigenvalue weighted by Gasteiger charge is -2.12. The normalized spacial score (nSPS) is 10.3. The van der Waals surface area contributed by atoms with E-state index in [0.29, 0.717) is 18.1 Å². The Morgan fingerprint density at radius 1 is 1.14 bits per heavy atom. The molecule has 0 heterocycles. The Balaban J connectivity index is 1.96. The summed E-state index contributed by atoms with van der Waals surface area (Å²) < 4.78 is 24.6. The highest BCUT2D eigenvalue weighted by Crippen LogP contribution is 2.28. The number of carbonyl (C=O) groups excluding carboxylic acids is 2. The van der Waals surface area contributed by atoms with Gasteiger partial charge in [-0.3, -0.25) is 20.4 Å². The molecule has 0 bridgehead atoms.